The van der Waals surface area contributed by atoms with Gasteiger partial charge in [-0.1, -0.05) is 24.0 Å². The van der Waals surface area contributed by atoms with Crippen molar-refractivity contribution < 1.29 is 23.4 Å². The van der Waals surface area contributed by atoms with Crippen LogP contribution in [0.25, 0.3) is 10.6 Å². The zero-order chi connectivity index (χ0) is 28.1. The predicted molar refractivity (Wildman–Crippen MR) is 142 cm³/mol. The lowest BCUT2D eigenvalue weighted by Crippen LogP contribution is -2.68. The van der Waals surface area contributed by atoms with Crippen molar-refractivity contribution >= 4 is 17.2 Å². The lowest BCUT2D eigenvalue weighted by Gasteiger charge is -2.52. The number of nitrogens with zero attached hydrogens (tertiary/aromatic N) is 5. The van der Waals surface area contributed by atoms with Gasteiger partial charge in [-0.2, -0.15) is 0 Å². The van der Waals surface area contributed by atoms with E-state index in [9.17, 15) is 23.5 Å². The Morgan fingerprint density at radius 1 is 1.31 bits per heavy atom. The number of aromatic hydroxyl groups is 1. The van der Waals surface area contributed by atoms with Crippen molar-refractivity contribution in [3.05, 3.63) is 74.9 Å². The van der Waals surface area contributed by atoms with Gasteiger partial charge in [0.05, 0.1) is 18.4 Å². The number of carbonyl (C=O) groups is 1. The van der Waals surface area contributed by atoms with Crippen LogP contribution in [0.4, 0.5) is 8.78 Å². The Balaban J connectivity index is 1.53. The van der Waals surface area contributed by atoms with Gasteiger partial charge in [0.1, 0.15) is 22.3 Å². The molecule has 5 rings (SSSR count). The zero-order valence-electron chi connectivity index (χ0n) is 21.9. The number of pyridine rings is 1. The van der Waals surface area contributed by atoms with E-state index in [1.54, 1.807) is 12.0 Å². The number of methoxy groups -OCH3 is 1. The number of fused-ring (bicyclic) bond motifs is 1. The number of ether oxygens (including phenoxy) is 1. The third kappa shape index (κ3) is 4.46. The molecule has 3 aromatic rings. The maximum atomic E-state index is 14.2. The largest absolute Gasteiger partial charge is 0.502 e. The van der Waals surface area contributed by atoms with Crippen LogP contribution in [-0.4, -0.2) is 57.2 Å². The van der Waals surface area contributed by atoms with Gasteiger partial charge < -0.3 is 14.7 Å². The summed E-state index contributed by atoms with van der Waals surface area (Å²) in [6, 6.07) is 3.29. The van der Waals surface area contributed by atoms with Crippen LogP contribution in [0.2, 0.25) is 0 Å². The fourth-order valence-corrected chi connectivity index (χ4v) is 6.66. The number of allylic oxidation sites excluding steroid dienone is 1. The van der Waals surface area contributed by atoms with Gasteiger partial charge in [0.2, 0.25) is 5.43 Å². The number of amides is 1. The lowest BCUT2D eigenvalue weighted by atomic mass is 9.97. The lowest BCUT2D eigenvalue weighted by molar-refractivity contribution is 0.0306. The first kappa shape index (κ1) is 26.8. The first-order valence-electron chi connectivity index (χ1n) is 12.6. The van der Waals surface area contributed by atoms with E-state index in [-0.39, 0.29) is 34.2 Å². The van der Waals surface area contributed by atoms with Gasteiger partial charge in [-0.3, -0.25) is 19.3 Å². The third-order valence-electron chi connectivity index (χ3n) is 7.78. The van der Waals surface area contributed by atoms with Crippen molar-refractivity contribution in [2.45, 2.75) is 44.7 Å². The normalized spacial score (nSPS) is 20.5. The second-order valence-corrected chi connectivity index (χ2v) is 11.0. The molecule has 1 aliphatic carbocycles. The van der Waals surface area contributed by atoms with E-state index in [0.717, 1.165) is 29.9 Å². The van der Waals surface area contributed by atoms with Crippen LogP contribution in [-0.2, 0) is 11.2 Å². The molecular formula is C27H29F2N5O4S. The number of carbonyl (C=O) groups excluding carboxylic acids is 1. The minimum absolute atomic E-state index is 0.0587. The quantitative estimate of drug-likeness (QED) is 0.438. The average molecular weight is 558 g/mol. The van der Waals surface area contributed by atoms with Crippen LogP contribution in [0.15, 0.2) is 41.5 Å². The van der Waals surface area contributed by atoms with Gasteiger partial charge in [-0.05, 0) is 43.7 Å². The summed E-state index contributed by atoms with van der Waals surface area (Å²) in [5.74, 6) is -1.54. The molecule has 0 saturated heterocycles. The van der Waals surface area contributed by atoms with E-state index >= 15 is 0 Å². The Labute approximate surface area is 227 Å². The predicted octanol–water partition coefficient (Wildman–Crippen LogP) is 4.03. The molecule has 1 aliphatic heterocycles. The van der Waals surface area contributed by atoms with Crippen LogP contribution in [0.1, 0.15) is 53.7 Å². The Hall–Kier alpha value is -3.80. The van der Waals surface area contributed by atoms with Crippen LogP contribution in [0.5, 0.6) is 5.75 Å². The highest BCUT2D eigenvalue weighted by Crippen LogP contribution is 2.46. The smallest absolute Gasteiger partial charge is 0.278 e. The van der Waals surface area contributed by atoms with Crippen LogP contribution >= 0.6 is 11.3 Å². The monoisotopic (exact) mass is 557 g/mol. The summed E-state index contributed by atoms with van der Waals surface area (Å²) < 4.78 is 34.2. The van der Waals surface area contributed by atoms with Gasteiger partial charge in [0.15, 0.2) is 16.5 Å². The van der Waals surface area contributed by atoms with Crippen molar-refractivity contribution in [3.63, 3.8) is 0 Å². The summed E-state index contributed by atoms with van der Waals surface area (Å²) in [6.07, 6.45) is 4.45. The SMILES string of the molecule is C=C(CC1CCC2(C1)N(CC)C(=O)c1c(O)c(=O)c(-c3nnc(Cc4ccc(F)cc4F)s3)cn1N2C)OC. The molecule has 2 aromatic heterocycles. The van der Waals surface area contributed by atoms with Crippen molar-refractivity contribution in [1.29, 1.82) is 0 Å². The first-order valence-corrected chi connectivity index (χ1v) is 13.4. The fraction of sp³-hybridized carbons (Fsp3) is 0.407. The van der Waals surface area contributed by atoms with E-state index in [1.807, 2.05) is 19.0 Å². The molecule has 206 valence electrons. The number of rotatable bonds is 7. The number of benzene rings is 1. The second-order valence-electron chi connectivity index (χ2n) is 9.94. The minimum atomic E-state index is -0.744. The maximum Gasteiger partial charge on any atom is 0.278 e. The molecule has 39 heavy (non-hydrogen) atoms. The standard InChI is InChI=1S/C27H29F2N5O4S/c1-5-33-26(37)22-24(36)23(35)19(25-31-30-21(39-25)11-17-6-7-18(28)12-20(17)29)14-34(22)32(3)27(33)9-8-16(13-27)10-15(2)38-4/h6-7,12,14,16,36H,2,5,8-11,13H2,1,3-4H3. The molecule has 1 fully saturated rings. The summed E-state index contributed by atoms with van der Waals surface area (Å²) in [5, 5.41) is 21.7. The molecular weight excluding hydrogens is 528 g/mol. The van der Waals surface area contributed by atoms with Gasteiger partial charge in [-0.25, -0.2) is 8.78 Å². The Morgan fingerprint density at radius 3 is 2.77 bits per heavy atom. The number of hydrogen-bond acceptors (Lipinski definition) is 8. The minimum Gasteiger partial charge on any atom is -0.502 e. The van der Waals surface area contributed by atoms with Crippen LogP contribution < -0.4 is 10.4 Å². The van der Waals surface area contributed by atoms with Crippen molar-refractivity contribution in [2.75, 3.05) is 25.7 Å². The summed E-state index contributed by atoms with van der Waals surface area (Å²) in [6.45, 7) is 6.22. The molecule has 1 saturated carbocycles. The summed E-state index contributed by atoms with van der Waals surface area (Å²) in [5.41, 5.74) is -1.21. The third-order valence-corrected chi connectivity index (χ3v) is 8.74. The molecule has 1 N–H and O–H groups in total. The van der Waals surface area contributed by atoms with Crippen molar-refractivity contribution in [2.24, 2.45) is 5.92 Å². The molecule has 1 aromatic carbocycles. The maximum absolute atomic E-state index is 14.2. The second kappa shape index (κ2) is 10.1. The summed E-state index contributed by atoms with van der Waals surface area (Å²) in [7, 11) is 3.43. The average Bonchev–Trinajstić information content (AvgIpc) is 3.54. The molecule has 2 atom stereocenters. The highest BCUT2D eigenvalue weighted by molar-refractivity contribution is 7.14. The molecule has 0 bridgehead atoms. The molecule has 1 amide bonds. The molecule has 2 aliphatic rings. The highest BCUT2D eigenvalue weighted by atomic mass is 32.1. The topological polar surface area (TPSA) is 101 Å². The highest BCUT2D eigenvalue weighted by Gasteiger charge is 2.53. The molecule has 9 nitrogen and oxygen atoms in total. The van der Waals surface area contributed by atoms with Gasteiger partial charge in [-0.15, -0.1) is 10.2 Å². The van der Waals surface area contributed by atoms with E-state index < -0.39 is 34.4 Å². The van der Waals surface area contributed by atoms with Gasteiger partial charge in [0.25, 0.3) is 5.91 Å². The number of halogens is 2. The molecule has 1 spiro atoms. The first-order chi connectivity index (χ1) is 18.6. The summed E-state index contributed by atoms with van der Waals surface area (Å²) >= 11 is 1.06. The Bertz CT molecular complexity index is 1520. The van der Waals surface area contributed by atoms with E-state index in [0.29, 0.717) is 36.6 Å². The van der Waals surface area contributed by atoms with Gasteiger partial charge in [0, 0.05) is 38.7 Å². The van der Waals surface area contributed by atoms with Crippen molar-refractivity contribution in [3.8, 4) is 16.3 Å². The van der Waals surface area contributed by atoms with Crippen LogP contribution in [0, 0.1) is 17.6 Å². The Morgan fingerprint density at radius 2 is 2.08 bits per heavy atom. The van der Waals surface area contributed by atoms with Gasteiger partial charge >= 0.3 is 0 Å². The molecule has 0 radical (unpaired) electrons. The Kier molecular flexibility index (Phi) is 6.91. The zero-order valence-corrected chi connectivity index (χ0v) is 22.7. The van der Waals surface area contributed by atoms with E-state index in [2.05, 4.69) is 16.8 Å². The molecule has 3 heterocycles. The fourth-order valence-electron chi connectivity index (χ4n) is 5.79. The molecule has 12 heteroatoms. The number of hydrogen-bond donors (Lipinski definition) is 1. The summed E-state index contributed by atoms with van der Waals surface area (Å²) in [4.78, 5) is 28.6. The number of aromatic nitrogens is 3. The van der Waals surface area contributed by atoms with Crippen molar-refractivity contribution in [1.82, 2.24) is 19.8 Å². The van der Waals surface area contributed by atoms with E-state index in [4.69, 9.17) is 4.74 Å². The molecule has 2 unspecified atom stereocenters. The van der Waals surface area contributed by atoms with E-state index in [1.165, 1.54) is 16.9 Å². The van der Waals surface area contributed by atoms with Crippen LogP contribution in [0.3, 0.4) is 0 Å².